The van der Waals surface area contributed by atoms with Crippen LogP contribution in [0.4, 0.5) is 13.2 Å². The Balaban J connectivity index is 3.35. The van der Waals surface area contributed by atoms with Gasteiger partial charge in [0.05, 0.1) is 5.57 Å². The van der Waals surface area contributed by atoms with E-state index in [0.717, 1.165) is 37.0 Å². The Morgan fingerprint density at radius 2 is 1.80 bits per heavy atom. The summed E-state index contributed by atoms with van der Waals surface area (Å²) in [4.78, 5) is 0. The fraction of sp³-hybridized carbons (Fsp3) is 0.524. The maximum Gasteiger partial charge on any atom is 0.416 e. The second-order valence-electron chi connectivity index (χ2n) is 6.51. The highest BCUT2D eigenvalue weighted by atomic mass is 19.4. The molecule has 1 nitrogen and oxygen atoms in total. The molecule has 1 rings (SSSR count). The third-order valence-corrected chi connectivity index (χ3v) is 4.03. The van der Waals surface area contributed by atoms with E-state index in [1.165, 1.54) is 17.7 Å². The monoisotopic (exact) mass is 354 g/mol. The van der Waals surface area contributed by atoms with Crippen molar-refractivity contribution in [2.75, 3.05) is 0 Å². The van der Waals surface area contributed by atoms with Crippen molar-refractivity contribution >= 4 is 0 Å². The van der Waals surface area contributed by atoms with E-state index in [-0.39, 0.29) is 0 Å². The van der Waals surface area contributed by atoms with Crippen LogP contribution < -0.4 is 0 Å². The molecule has 0 aromatic heterocycles. The van der Waals surface area contributed by atoms with Gasteiger partial charge in [-0.2, -0.15) is 13.2 Å². The van der Waals surface area contributed by atoms with Gasteiger partial charge < -0.3 is 4.74 Å². The summed E-state index contributed by atoms with van der Waals surface area (Å²) >= 11 is 0. The van der Waals surface area contributed by atoms with Gasteiger partial charge in [-0.25, -0.2) is 0 Å². The lowest BCUT2D eigenvalue weighted by molar-refractivity contribution is -0.0884. The molecule has 25 heavy (non-hydrogen) atoms. The molecule has 0 unspecified atom stereocenters. The van der Waals surface area contributed by atoms with E-state index in [9.17, 15) is 13.2 Å². The first kappa shape index (κ1) is 21.3. The van der Waals surface area contributed by atoms with Gasteiger partial charge in [0.1, 0.15) is 11.5 Å². The van der Waals surface area contributed by atoms with Crippen LogP contribution >= 0.6 is 0 Å². The van der Waals surface area contributed by atoms with Gasteiger partial charge in [-0.15, -0.1) is 0 Å². The van der Waals surface area contributed by atoms with Crippen molar-refractivity contribution in [1.82, 2.24) is 0 Å². The molecule has 0 amide bonds. The average Bonchev–Trinajstić information content (AvgIpc) is 2.52. The van der Waals surface area contributed by atoms with Crippen molar-refractivity contribution < 1.29 is 17.9 Å². The van der Waals surface area contributed by atoms with Gasteiger partial charge in [-0.1, -0.05) is 25.2 Å². The van der Waals surface area contributed by atoms with Crippen molar-refractivity contribution in [3.05, 3.63) is 58.1 Å². The SMILES string of the molecule is C\C=C/C(=C\C(=C\CC)C(F)(F)F)C(OC1=C(C)CCCC1)=C(C)C. The predicted octanol–water partition coefficient (Wildman–Crippen LogP) is 7.55. The lowest BCUT2D eigenvalue weighted by Crippen LogP contribution is -2.11. The van der Waals surface area contributed by atoms with Crippen molar-refractivity contribution in [1.29, 1.82) is 0 Å². The Labute approximate surface area is 149 Å². The van der Waals surface area contributed by atoms with Gasteiger partial charge in [0, 0.05) is 12.0 Å². The zero-order valence-corrected chi connectivity index (χ0v) is 15.9. The molecule has 0 atom stereocenters. The number of allylic oxidation sites excluding steroid dienone is 8. The molecule has 0 saturated carbocycles. The standard InChI is InChI=1S/C21H29F3O/c1-6-10-17(14-18(11-7-2)21(22,23)24)20(15(3)4)25-19-13-9-8-12-16(19)5/h6,10-11,14H,7-9,12-13H2,1-5H3/b10-6-,17-14+,18-11-. The van der Waals surface area contributed by atoms with Gasteiger partial charge in [-0.05, 0) is 70.6 Å². The van der Waals surface area contributed by atoms with Gasteiger partial charge >= 0.3 is 6.18 Å². The van der Waals surface area contributed by atoms with Crippen molar-refractivity contribution in [3.8, 4) is 0 Å². The lowest BCUT2D eigenvalue weighted by Gasteiger charge is -2.22. The molecule has 0 radical (unpaired) electrons. The molecule has 0 saturated heterocycles. The summed E-state index contributed by atoms with van der Waals surface area (Å²) in [6, 6.07) is 0. The number of rotatable bonds is 6. The molecule has 4 heteroatoms. The van der Waals surface area contributed by atoms with Crippen molar-refractivity contribution in [2.45, 2.75) is 72.9 Å². The lowest BCUT2D eigenvalue weighted by atomic mass is 9.98. The summed E-state index contributed by atoms with van der Waals surface area (Å²) in [6.07, 6.45) is 5.75. The van der Waals surface area contributed by atoms with E-state index in [4.69, 9.17) is 4.74 Å². The molecule has 0 N–H and O–H groups in total. The number of alkyl halides is 3. The van der Waals surface area contributed by atoms with Crippen LogP contribution in [0.25, 0.3) is 0 Å². The fourth-order valence-electron chi connectivity index (χ4n) is 2.75. The normalized spacial score (nSPS) is 17.3. The van der Waals surface area contributed by atoms with Crippen LogP contribution in [-0.4, -0.2) is 6.18 Å². The van der Waals surface area contributed by atoms with E-state index in [0.29, 0.717) is 17.8 Å². The average molecular weight is 354 g/mol. The highest BCUT2D eigenvalue weighted by Crippen LogP contribution is 2.33. The van der Waals surface area contributed by atoms with Crippen LogP contribution in [0.1, 0.15) is 66.7 Å². The first-order valence-electron chi connectivity index (χ1n) is 8.86. The Morgan fingerprint density at radius 3 is 2.28 bits per heavy atom. The van der Waals surface area contributed by atoms with Gasteiger partial charge in [0.2, 0.25) is 0 Å². The molecule has 1 aliphatic rings. The molecular formula is C21H29F3O. The molecule has 0 aliphatic heterocycles. The first-order valence-corrected chi connectivity index (χ1v) is 8.86. The summed E-state index contributed by atoms with van der Waals surface area (Å²) in [5.41, 5.74) is 1.85. The van der Waals surface area contributed by atoms with Gasteiger partial charge in [0.25, 0.3) is 0 Å². The van der Waals surface area contributed by atoms with E-state index in [1.807, 2.05) is 20.8 Å². The molecule has 0 aromatic carbocycles. The Bertz CT molecular complexity index is 610. The highest BCUT2D eigenvalue weighted by molar-refractivity contribution is 5.45. The van der Waals surface area contributed by atoms with Crippen LogP contribution in [0, 0.1) is 0 Å². The number of hydrogen-bond acceptors (Lipinski definition) is 1. The minimum absolute atomic E-state index is 0.323. The Morgan fingerprint density at radius 1 is 1.16 bits per heavy atom. The quantitative estimate of drug-likeness (QED) is 0.353. The number of halogens is 3. The highest BCUT2D eigenvalue weighted by Gasteiger charge is 2.32. The van der Waals surface area contributed by atoms with Crippen molar-refractivity contribution in [3.63, 3.8) is 0 Å². The summed E-state index contributed by atoms with van der Waals surface area (Å²) < 4.78 is 46.0. The molecule has 0 spiro atoms. The Kier molecular flexibility index (Phi) is 8.27. The number of ether oxygens (including phenoxy) is 1. The molecule has 0 heterocycles. The molecule has 140 valence electrons. The van der Waals surface area contributed by atoms with Crippen molar-refractivity contribution in [2.24, 2.45) is 0 Å². The fourth-order valence-corrected chi connectivity index (χ4v) is 2.75. The van der Waals surface area contributed by atoms with E-state index in [1.54, 1.807) is 26.0 Å². The largest absolute Gasteiger partial charge is 0.461 e. The minimum atomic E-state index is -4.38. The summed E-state index contributed by atoms with van der Waals surface area (Å²) in [7, 11) is 0. The van der Waals surface area contributed by atoms with Crippen LogP contribution in [0.5, 0.6) is 0 Å². The summed E-state index contributed by atoms with van der Waals surface area (Å²) in [5.74, 6) is 1.41. The van der Waals surface area contributed by atoms with E-state index in [2.05, 4.69) is 0 Å². The summed E-state index contributed by atoms with van der Waals surface area (Å²) in [5, 5.41) is 0. The minimum Gasteiger partial charge on any atom is -0.461 e. The third kappa shape index (κ3) is 6.60. The van der Waals surface area contributed by atoms with Crippen LogP contribution in [0.2, 0.25) is 0 Å². The van der Waals surface area contributed by atoms with Crippen LogP contribution in [0.15, 0.2) is 58.1 Å². The molecule has 0 aromatic rings. The molecule has 0 fully saturated rings. The second kappa shape index (κ2) is 9.69. The maximum absolute atomic E-state index is 13.3. The van der Waals surface area contributed by atoms with Crippen LogP contribution in [-0.2, 0) is 4.74 Å². The predicted molar refractivity (Wildman–Crippen MR) is 98.0 cm³/mol. The summed E-state index contributed by atoms with van der Waals surface area (Å²) in [6.45, 7) is 9.25. The van der Waals surface area contributed by atoms with Gasteiger partial charge in [0.15, 0.2) is 0 Å². The molecule has 0 bridgehead atoms. The van der Waals surface area contributed by atoms with E-state index < -0.39 is 11.7 Å². The number of hydrogen-bond donors (Lipinski definition) is 0. The van der Waals surface area contributed by atoms with Gasteiger partial charge in [-0.3, -0.25) is 0 Å². The maximum atomic E-state index is 13.3. The zero-order chi connectivity index (χ0) is 19.0. The van der Waals surface area contributed by atoms with Crippen LogP contribution in [0.3, 0.4) is 0 Å². The molecule has 1 aliphatic carbocycles. The topological polar surface area (TPSA) is 9.23 Å². The second-order valence-corrected chi connectivity index (χ2v) is 6.51. The zero-order valence-electron chi connectivity index (χ0n) is 15.9. The third-order valence-electron chi connectivity index (χ3n) is 4.03. The van der Waals surface area contributed by atoms with E-state index >= 15 is 0 Å². The smallest absolute Gasteiger partial charge is 0.416 e. The first-order chi connectivity index (χ1) is 11.7. The molecular weight excluding hydrogens is 325 g/mol. The Hall–Kier alpha value is -1.71.